The summed E-state index contributed by atoms with van der Waals surface area (Å²) in [5.41, 5.74) is 3.09. The van der Waals surface area contributed by atoms with E-state index in [1.54, 1.807) is 0 Å². The lowest BCUT2D eigenvalue weighted by Gasteiger charge is -2.10. The number of aryl methyl sites for hydroxylation is 1. The largest absolute Gasteiger partial charge is 0.481 e. The van der Waals surface area contributed by atoms with E-state index in [1.165, 1.54) is 31.2 Å². The molecular formula is C12H18N2O2. The summed E-state index contributed by atoms with van der Waals surface area (Å²) in [6, 6.07) is 0. The van der Waals surface area contributed by atoms with Gasteiger partial charge < -0.3 is 5.11 Å². The second kappa shape index (κ2) is 4.28. The fraction of sp³-hybridized carbons (Fsp3) is 0.667. The van der Waals surface area contributed by atoms with E-state index in [0.717, 1.165) is 11.4 Å². The zero-order valence-electron chi connectivity index (χ0n) is 9.86. The molecule has 1 aliphatic rings. The summed E-state index contributed by atoms with van der Waals surface area (Å²) in [4.78, 5) is 10.8. The fourth-order valence-corrected chi connectivity index (χ4v) is 2.71. The Morgan fingerprint density at radius 1 is 1.50 bits per heavy atom. The molecule has 1 fully saturated rings. The highest BCUT2D eigenvalue weighted by atomic mass is 16.4. The molecular weight excluding hydrogens is 204 g/mol. The molecule has 88 valence electrons. The van der Waals surface area contributed by atoms with Gasteiger partial charge in [-0.2, -0.15) is 5.10 Å². The van der Waals surface area contributed by atoms with Crippen LogP contribution in [0.1, 0.15) is 48.6 Å². The van der Waals surface area contributed by atoms with Crippen LogP contribution in [-0.2, 0) is 18.3 Å². The van der Waals surface area contributed by atoms with Gasteiger partial charge in [-0.1, -0.05) is 12.8 Å². The first kappa shape index (κ1) is 11.2. The van der Waals surface area contributed by atoms with Gasteiger partial charge in [-0.3, -0.25) is 9.48 Å². The molecule has 1 aromatic heterocycles. The number of hydrogen-bond donors (Lipinski definition) is 1. The fourth-order valence-electron chi connectivity index (χ4n) is 2.71. The number of carboxylic acids is 1. The van der Waals surface area contributed by atoms with E-state index in [2.05, 4.69) is 5.10 Å². The minimum atomic E-state index is -0.794. The van der Waals surface area contributed by atoms with E-state index in [0.29, 0.717) is 5.92 Å². The maximum atomic E-state index is 10.8. The summed E-state index contributed by atoms with van der Waals surface area (Å²) in [6.07, 6.45) is 4.92. The molecule has 0 spiro atoms. The highest BCUT2D eigenvalue weighted by Gasteiger charge is 2.25. The van der Waals surface area contributed by atoms with Crippen LogP contribution in [0.25, 0.3) is 0 Å². The monoisotopic (exact) mass is 222 g/mol. The number of rotatable bonds is 3. The van der Waals surface area contributed by atoms with Crippen molar-refractivity contribution in [3.63, 3.8) is 0 Å². The number of carboxylic acid groups (broad SMARTS) is 1. The normalized spacial score (nSPS) is 16.9. The van der Waals surface area contributed by atoms with Crippen LogP contribution in [0.4, 0.5) is 0 Å². The van der Waals surface area contributed by atoms with E-state index < -0.39 is 5.97 Å². The number of aliphatic carboxylic acids is 1. The van der Waals surface area contributed by atoms with Crippen molar-refractivity contribution in [2.75, 3.05) is 0 Å². The third kappa shape index (κ3) is 1.96. The average molecular weight is 222 g/mol. The smallest absolute Gasteiger partial charge is 0.309 e. The number of carbonyl (C=O) groups is 1. The van der Waals surface area contributed by atoms with Gasteiger partial charge in [0.1, 0.15) is 0 Å². The minimum absolute atomic E-state index is 0.0491. The van der Waals surface area contributed by atoms with Crippen LogP contribution in [-0.4, -0.2) is 20.9 Å². The van der Waals surface area contributed by atoms with Crippen molar-refractivity contribution >= 4 is 5.97 Å². The molecule has 0 radical (unpaired) electrons. The second-order valence-electron chi connectivity index (χ2n) is 4.62. The van der Waals surface area contributed by atoms with Gasteiger partial charge in [0.05, 0.1) is 12.1 Å². The Bertz CT molecular complexity index is 403. The molecule has 1 aliphatic carbocycles. The molecule has 1 heterocycles. The van der Waals surface area contributed by atoms with Gasteiger partial charge in [-0.05, 0) is 31.2 Å². The molecule has 1 aromatic rings. The van der Waals surface area contributed by atoms with Gasteiger partial charge in [0.2, 0.25) is 0 Å². The Labute approximate surface area is 95.3 Å². The molecule has 0 bridgehead atoms. The lowest BCUT2D eigenvalue weighted by molar-refractivity contribution is -0.136. The Hall–Kier alpha value is -1.32. The lowest BCUT2D eigenvalue weighted by Crippen LogP contribution is -2.05. The first-order valence-electron chi connectivity index (χ1n) is 5.83. The van der Waals surface area contributed by atoms with Gasteiger partial charge in [-0.15, -0.1) is 0 Å². The highest BCUT2D eigenvalue weighted by molar-refractivity contribution is 5.70. The molecule has 0 unspecified atom stereocenters. The van der Waals surface area contributed by atoms with Gasteiger partial charge in [0.25, 0.3) is 0 Å². The van der Waals surface area contributed by atoms with E-state index in [4.69, 9.17) is 5.11 Å². The Kier molecular flexibility index (Phi) is 2.99. The maximum absolute atomic E-state index is 10.8. The molecule has 0 aliphatic heterocycles. The summed E-state index contributed by atoms with van der Waals surface area (Å²) in [7, 11) is 1.89. The number of aromatic nitrogens is 2. The topological polar surface area (TPSA) is 55.1 Å². The summed E-state index contributed by atoms with van der Waals surface area (Å²) < 4.78 is 1.81. The van der Waals surface area contributed by atoms with Crippen LogP contribution in [0.3, 0.4) is 0 Å². The molecule has 1 saturated carbocycles. The molecule has 4 heteroatoms. The summed E-state index contributed by atoms with van der Waals surface area (Å²) in [6.45, 7) is 2.03. The maximum Gasteiger partial charge on any atom is 0.309 e. The van der Waals surface area contributed by atoms with Crippen molar-refractivity contribution in [1.29, 1.82) is 0 Å². The van der Waals surface area contributed by atoms with Crippen molar-refractivity contribution in [3.05, 3.63) is 17.0 Å². The predicted molar refractivity (Wildman–Crippen MR) is 60.5 cm³/mol. The molecule has 0 saturated heterocycles. The van der Waals surface area contributed by atoms with Crippen LogP contribution in [0, 0.1) is 6.92 Å². The number of nitrogens with zero attached hydrogens (tertiary/aromatic N) is 2. The van der Waals surface area contributed by atoms with Crippen LogP contribution < -0.4 is 0 Å². The average Bonchev–Trinajstić information content (AvgIpc) is 2.76. The van der Waals surface area contributed by atoms with Gasteiger partial charge >= 0.3 is 5.97 Å². The third-order valence-corrected chi connectivity index (χ3v) is 3.54. The Morgan fingerprint density at radius 2 is 2.12 bits per heavy atom. The van der Waals surface area contributed by atoms with Crippen molar-refractivity contribution in [1.82, 2.24) is 9.78 Å². The quantitative estimate of drug-likeness (QED) is 0.851. The van der Waals surface area contributed by atoms with Crippen molar-refractivity contribution in [2.24, 2.45) is 7.05 Å². The summed E-state index contributed by atoms with van der Waals surface area (Å²) in [5.74, 6) is -0.264. The Balaban J connectivity index is 2.35. The molecule has 16 heavy (non-hydrogen) atoms. The zero-order valence-corrected chi connectivity index (χ0v) is 9.86. The minimum Gasteiger partial charge on any atom is -0.481 e. The van der Waals surface area contributed by atoms with E-state index in [9.17, 15) is 4.79 Å². The predicted octanol–water partition coefficient (Wildman–Crippen LogP) is 2.01. The molecule has 0 amide bonds. The highest BCUT2D eigenvalue weighted by Crippen LogP contribution is 2.37. The van der Waals surface area contributed by atoms with E-state index in [1.807, 2.05) is 18.7 Å². The summed E-state index contributed by atoms with van der Waals surface area (Å²) in [5, 5.41) is 13.2. The van der Waals surface area contributed by atoms with Crippen LogP contribution in [0.15, 0.2) is 0 Å². The molecule has 0 atom stereocenters. The molecule has 1 N–H and O–H groups in total. The zero-order chi connectivity index (χ0) is 11.7. The molecule has 0 aromatic carbocycles. The van der Waals surface area contributed by atoms with Crippen molar-refractivity contribution in [3.8, 4) is 0 Å². The summed E-state index contributed by atoms with van der Waals surface area (Å²) >= 11 is 0. The third-order valence-electron chi connectivity index (χ3n) is 3.54. The van der Waals surface area contributed by atoms with Crippen LogP contribution in [0.2, 0.25) is 0 Å². The number of hydrogen-bond acceptors (Lipinski definition) is 2. The second-order valence-corrected chi connectivity index (χ2v) is 4.62. The lowest BCUT2D eigenvalue weighted by atomic mass is 9.94. The molecule has 2 rings (SSSR count). The standard InChI is InChI=1S/C12H18N2O2/c1-8-12(9-5-3-4-6-9)10(7-11(15)16)13-14(8)2/h9H,3-7H2,1-2H3,(H,15,16). The van der Waals surface area contributed by atoms with Gasteiger partial charge in [0, 0.05) is 12.7 Å². The first-order valence-corrected chi connectivity index (χ1v) is 5.83. The van der Waals surface area contributed by atoms with Crippen molar-refractivity contribution in [2.45, 2.75) is 44.9 Å². The van der Waals surface area contributed by atoms with E-state index in [-0.39, 0.29) is 6.42 Å². The Morgan fingerprint density at radius 3 is 2.69 bits per heavy atom. The SMILES string of the molecule is Cc1c(C2CCCC2)c(CC(=O)O)nn1C. The van der Waals surface area contributed by atoms with Gasteiger partial charge in [0.15, 0.2) is 0 Å². The molecule has 4 nitrogen and oxygen atoms in total. The van der Waals surface area contributed by atoms with E-state index >= 15 is 0 Å². The van der Waals surface area contributed by atoms with Crippen LogP contribution >= 0.6 is 0 Å². The van der Waals surface area contributed by atoms with Crippen molar-refractivity contribution < 1.29 is 9.90 Å². The van der Waals surface area contributed by atoms with Crippen LogP contribution in [0.5, 0.6) is 0 Å². The van der Waals surface area contributed by atoms with Gasteiger partial charge in [-0.25, -0.2) is 0 Å². The first-order chi connectivity index (χ1) is 7.59.